The molecule has 0 aliphatic carbocycles. The van der Waals surface area contributed by atoms with Crippen LogP contribution < -0.4 is 0 Å². The third-order valence-electron chi connectivity index (χ3n) is 3.30. The van der Waals surface area contributed by atoms with E-state index < -0.39 is 18.8 Å². The average Bonchev–Trinajstić information content (AvgIpc) is 2.99. The summed E-state index contributed by atoms with van der Waals surface area (Å²) in [7, 11) is -5.56. The van der Waals surface area contributed by atoms with Crippen molar-refractivity contribution in [3.8, 4) is 0 Å². The van der Waals surface area contributed by atoms with Gasteiger partial charge in [0.2, 0.25) is 0 Å². The Bertz CT molecular complexity index is 725. The number of hydrogen-bond donors (Lipinski definition) is 3. The predicted octanol–water partition coefficient (Wildman–Crippen LogP) is 4.51. The molecule has 3 N–H and O–H groups in total. The molecule has 0 amide bonds. The lowest BCUT2D eigenvalue weighted by atomic mass is 10.1. The Hall–Kier alpha value is -0.730. The van der Waals surface area contributed by atoms with Crippen molar-refractivity contribution in [3.63, 3.8) is 0 Å². The van der Waals surface area contributed by atoms with Gasteiger partial charge in [-0.2, -0.15) is 8.78 Å². The summed E-state index contributed by atoms with van der Waals surface area (Å²) in [6, 6.07) is 4.03. The molecule has 0 saturated carbocycles. The van der Waals surface area contributed by atoms with Crippen LogP contribution in [-0.4, -0.2) is 25.5 Å². The van der Waals surface area contributed by atoms with Gasteiger partial charge in [-0.05, 0) is 30.9 Å². The van der Waals surface area contributed by atoms with Crippen molar-refractivity contribution >= 4 is 35.3 Å². The Morgan fingerprint density at radius 3 is 2.67 bits per heavy atom. The molecule has 0 radical (unpaired) electrons. The highest BCUT2D eigenvalue weighted by molar-refractivity contribution is 9.10. The molecule has 1 aromatic carbocycles. The largest absolute Gasteiger partial charge is 0.399 e. The lowest BCUT2D eigenvalue weighted by Gasteiger charge is -2.19. The van der Waals surface area contributed by atoms with Gasteiger partial charge in [0.15, 0.2) is 5.16 Å². The number of nitrogens with zero attached hydrogens (tertiary/aromatic N) is 1. The monoisotopic (exact) mass is 440 g/mol. The van der Waals surface area contributed by atoms with E-state index in [-0.39, 0.29) is 4.47 Å². The number of aromatic nitrogens is 2. The van der Waals surface area contributed by atoms with E-state index in [1.165, 1.54) is 12.1 Å². The Labute approximate surface area is 150 Å². The third-order valence-corrected chi connectivity index (χ3v) is 5.91. The number of thioether (sulfide) groups is 1. The summed E-state index contributed by atoms with van der Waals surface area (Å²) in [5, 5.41) is 0.863. The van der Waals surface area contributed by atoms with Gasteiger partial charge in [-0.25, -0.2) is 4.98 Å². The lowest BCUT2D eigenvalue weighted by Crippen LogP contribution is -2.14. The quantitative estimate of drug-likeness (QED) is 0.319. The first kappa shape index (κ1) is 19.6. The first-order chi connectivity index (χ1) is 11.2. The van der Waals surface area contributed by atoms with Gasteiger partial charge in [-0.15, -0.1) is 0 Å². The second kappa shape index (κ2) is 8.10. The van der Waals surface area contributed by atoms with E-state index in [1.807, 2.05) is 0 Å². The minimum absolute atomic E-state index is 0.00159. The summed E-state index contributed by atoms with van der Waals surface area (Å²) in [6.07, 6.45) is 5.94. The van der Waals surface area contributed by atoms with E-state index in [1.54, 1.807) is 24.2 Å². The number of rotatable bonds is 8. The lowest BCUT2D eigenvalue weighted by molar-refractivity contribution is 0.0557. The number of alkyl halides is 2. The van der Waals surface area contributed by atoms with Crippen LogP contribution in [0.2, 0.25) is 0 Å². The van der Waals surface area contributed by atoms with Gasteiger partial charge < -0.3 is 14.8 Å². The minimum Gasteiger partial charge on any atom is -0.340 e. The molecule has 1 aromatic heterocycles. The van der Waals surface area contributed by atoms with Gasteiger partial charge in [0, 0.05) is 28.2 Å². The SMILES string of the molecule is O=P(O)(O)C(F)(F)c1ccc(CCCCSc2ncc[nH]2)cc1Br. The fourth-order valence-corrected chi connectivity index (χ4v) is 4.21. The molecule has 0 spiro atoms. The van der Waals surface area contributed by atoms with Gasteiger partial charge in [0.1, 0.15) is 0 Å². The highest BCUT2D eigenvalue weighted by Crippen LogP contribution is 2.60. The molecule has 24 heavy (non-hydrogen) atoms. The van der Waals surface area contributed by atoms with Gasteiger partial charge in [-0.1, -0.05) is 39.8 Å². The Balaban J connectivity index is 1.89. The number of H-pyrrole nitrogens is 1. The molecule has 0 aliphatic rings. The average molecular weight is 441 g/mol. The summed E-state index contributed by atoms with van der Waals surface area (Å²) >= 11 is 4.60. The van der Waals surface area contributed by atoms with E-state index in [2.05, 4.69) is 25.9 Å². The zero-order chi connectivity index (χ0) is 17.8. The van der Waals surface area contributed by atoms with Crippen molar-refractivity contribution < 1.29 is 23.1 Å². The Morgan fingerprint density at radius 1 is 1.33 bits per heavy atom. The second-order valence-corrected chi connectivity index (χ2v) is 8.69. The zero-order valence-electron chi connectivity index (χ0n) is 12.5. The van der Waals surface area contributed by atoms with Crippen molar-refractivity contribution in [2.45, 2.75) is 30.1 Å². The molecule has 0 atom stereocenters. The van der Waals surface area contributed by atoms with E-state index >= 15 is 0 Å². The maximum absolute atomic E-state index is 13.7. The Kier molecular flexibility index (Phi) is 6.61. The van der Waals surface area contributed by atoms with Crippen LogP contribution in [0.1, 0.15) is 24.0 Å². The molecule has 10 heteroatoms. The molecule has 0 bridgehead atoms. The van der Waals surface area contributed by atoms with Gasteiger partial charge in [0.05, 0.1) is 0 Å². The van der Waals surface area contributed by atoms with E-state index in [0.29, 0.717) is 6.42 Å². The molecular formula is C14H16BrF2N2O3PS. The number of nitrogens with one attached hydrogen (secondary N) is 1. The summed E-state index contributed by atoms with van der Waals surface area (Å²) in [5.41, 5.74) is -4.08. The molecule has 0 unspecified atom stereocenters. The van der Waals surface area contributed by atoms with Crippen LogP contribution in [0.5, 0.6) is 0 Å². The smallest absolute Gasteiger partial charge is 0.340 e. The van der Waals surface area contributed by atoms with E-state index in [0.717, 1.165) is 35.4 Å². The molecule has 0 saturated heterocycles. The fourth-order valence-electron chi connectivity index (χ4n) is 2.04. The molecule has 0 aliphatic heterocycles. The maximum atomic E-state index is 13.7. The molecule has 132 valence electrons. The standard InChI is InChI=1S/C14H16BrF2N2O3PS/c15-12-9-10(3-1-2-8-24-13-18-6-7-19-13)4-5-11(12)14(16,17)23(20,21)22/h4-7,9H,1-3,8H2,(H,18,19)(H2,20,21,22). The predicted molar refractivity (Wildman–Crippen MR) is 92.3 cm³/mol. The molecule has 1 heterocycles. The van der Waals surface area contributed by atoms with Crippen LogP contribution in [0.4, 0.5) is 8.78 Å². The number of imidazole rings is 1. The van der Waals surface area contributed by atoms with E-state index in [4.69, 9.17) is 9.79 Å². The van der Waals surface area contributed by atoms with Crippen molar-refractivity contribution in [2.24, 2.45) is 0 Å². The number of aromatic amines is 1. The molecule has 2 rings (SSSR count). The first-order valence-corrected chi connectivity index (χ1v) is 10.5. The van der Waals surface area contributed by atoms with Crippen LogP contribution in [0.15, 0.2) is 40.2 Å². The summed E-state index contributed by atoms with van der Waals surface area (Å²) in [5.74, 6) is 0.892. The second-order valence-electron chi connectivity index (χ2n) is 5.10. The van der Waals surface area contributed by atoms with Crippen LogP contribution in [0, 0.1) is 0 Å². The molecular weight excluding hydrogens is 425 g/mol. The fraction of sp³-hybridized carbons (Fsp3) is 0.357. The topological polar surface area (TPSA) is 86.2 Å². The van der Waals surface area contributed by atoms with Crippen LogP contribution >= 0.6 is 35.3 Å². The Morgan fingerprint density at radius 2 is 2.08 bits per heavy atom. The number of aryl methyl sites for hydroxylation is 1. The first-order valence-electron chi connectivity index (χ1n) is 7.06. The van der Waals surface area contributed by atoms with Crippen molar-refractivity contribution in [3.05, 3.63) is 46.2 Å². The molecule has 5 nitrogen and oxygen atoms in total. The highest BCUT2D eigenvalue weighted by Gasteiger charge is 2.51. The third kappa shape index (κ3) is 4.89. The number of halogens is 3. The molecule has 0 fully saturated rings. The molecule has 2 aromatic rings. The zero-order valence-corrected chi connectivity index (χ0v) is 15.8. The van der Waals surface area contributed by atoms with Crippen LogP contribution in [0.3, 0.4) is 0 Å². The van der Waals surface area contributed by atoms with Crippen molar-refractivity contribution in [1.29, 1.82) is 0 Å². The summed E-state index contributed by atoms with van der Waals surface area (Å²) in [6.45, 7) is 0. The number of benzene rings is 1. The minimum atomic E-state index is -5.56. The van der Waals surface area contributed by atoms with Gasteiger partial charge in [-0.3, -0.25) is 4.57 Å². The summed E-state index contributed by atoms with van der Waals surface area (Å²) < 4.78 is 38.4. The van der Waals surface area contributed by atoms with E-state index in [9.17, 15) is 13.3 Å². The number of hydrogen-bond acceptors (Lipinski definition) is 3. The maximum Gasteiger partial charge on any atom is 0.399 e. The van der Waals surface area contributed by atoms with Crippen LogP contribution in [0.25, 0.3) is 0 Å². The van der Waals surface area contributed by atoms with Crippen molar-refractivity contribution in [2.75, 3.05) is 5.75 Å². The van der Waals surface area contributed by atoms with Crippen molar-refractivity contribution in [1.82, 2.24) is 9.97 Å². The van der Waals surface area contributed by atoms with Gasteiger partial charge in [0.25, 0.3) is 0 Å². The van der Waals surface area contributed by atoms with Crippen LogP contribution in [-0.2, 0) is 16.6 Å². The summed E-state index contributed by atoms with van der Waals surface area (Å²) in [4.78, 5) is 24.7. The normalized spacial score (nSPS) is 12.5. The van der Waals surface area contributed by atoms with Gasteiger partial charge >= 0.3 is 13.3 Å². The highest BCUT2D eigenvalue weighted by atomic mass is 79.9. The number of unbranched alkanes of at least 4 members (excludes halogenated alkanes) is 1.